The van der Waals surface area contributed by atoms with Gasteiger partial charge in [-0.25, -0.2) is 4.98 Å². The van der Waals surface area contributed by atoms with Gasteiger partial charge in [-0.1, -0.05) is 49.6 Å². The summed E-state index contributed by atoms with van der Waals surface area (Å²) in [5, 5.41) is 23.6. The highest BCUT2D eigenvalue weighted by Gasteiger charge is 2.30. The van der Waals surface area contributed by atoms with E-state index in [0.717, 1.165) is 29.7 Å². The number of anilines is 3. The molecule has 2 heterocycles. The molecule has 35 heavy (non-hydrogen) atoms. The molecule has 8 heteroatoms. The van der Waals surface area contributed by atoms with E-state index in [0.29, 0.717) is 43.0 Å². The molecule has 0 bridgehead atoms. The van der Waals surface area contributed by atoms with Crippen LogP contribution < -0.4 is 20.7 Å². The summed E-state index contributed by atoms with van der Waals surface area (Å²) in [6.45, 7) is 1.15. The van der Waals surface area contributed by atoms with E-state index in [9.17, 15) is 10.2 Å². The Morgan fingerprint density at radius 1 is 0.943 bits per heavy atom. The lowest BCUT2D eigenvalue weighted by Gasteiger charge is -2.24. The molecule has 2 fully saturated rings. The first-order valence-electron chi connectivity index (χ1n) is 12.4. The first-order chi connectivity index (χ1) is 17.0. The number of benzene rings is 2. The Labute approximate surface area is 205 Å². The van der Waals surface area contributed by atoms with Crippen LogP contribution in [0.25, 0.3) is 11.3 Å². The minimum atomic E-state index is -0.770. The number of hydrogen-bond acceptors (Lipinski definition) is 8. The summed E-state index contributed by atoms with van der Waals surface area (Å²) in [5.41, 5.74) is 9.53. The molecular weight excluding hydrogens is 442 g/mol. The number of β-amino-alcohol motifs (C(OH)–C–C–N with tert-alkyl or cyclic N) is 2. The van der Waals surface area contributed by atoms with Crippen LogP contribution in [0.15, 0.2) is 54.6 Å². The number of rotatable bonds is 7. The van der Waals surface area contributed by atoms with Crippen molar-refractivity contribution in [3.8, 4) is 17.0 Å². The van der Waals surface area contributed by atoms with Gasteiger partial charge in [0.2, 0.25) is 5.95 Å². The first kappa shape index (κ1) is 23.4. The molecule has 0 amide bonds. The zero-order valence-corrected chi connectivity index (χ0v) is 19.8. The summed E-state index contributed by atoms with van der Waals surface area (Å²) >= 11 is 0. The number of nitrogens with one attached hydrogen (secondary N) is 1. The average molecular weight is 476 g/mol. The molecule has 1 aliphatic heterocycles. The van der Waals surface area contributed by atoms with Gasteiger partial charge in [0.25, 0.3) is 0 Å². The predicted octanol–water partition coefficient (Wildman–Crippen LogP) is 3.59. The van der Waals surface area contributed by atoms with Crippen LogP contribution in [0, 0.1) is 0 Å². The van der Waals surface area contributed by atoms with E-state index < -0.39 is 12.2 Å². The Kier molecular flexibility index (Phi) is 7.01. The zero-order chi connectivity index (χ0) is 24.2. The van der Waals surface area contributed by atoms with Gasteiger partial charge >= 0.3 is 0 Å². The van der Waals surface area contributed by atoms with Crippen molar-refractivity contribution in [3.63, 3.8) is 0 Å². The lowest BCUT2D eigenvalue weighted by Crippen LogP contribution is -2.23. The maximum Gasteiger partial charge on any atom is 0.222 e. The van der Waals surface area contributed by atoms with E-state index in [1.165, 1.54) is 19.3 Å². The van der Waals surface area contributed by atoms with Gasteiger partial charge in [-0.3, -0.25) is 0 Å². The van der Waals surface area contributed by atoms with Crippen LogP contribution in [0.1, 0.15) is 37.7 Å². The fourth-order valence-corrected chi connectivity index (χ4v) is 4.89. The highest BCUT2D eigenvalue weighted by atomic mass is 16.5. The third kappa shape index (κ3) is 5.66. The summed E-state index contributed by atoms with van der Waals surface area (Å²) in [6.07, 6.45) is 4.43. The normalized spacial score (nSPS) is 20.7. The molecule has 3 aromatic rings. The van der Waals surface area contributed by atoms with Crippen molar-refractivity contribution in [2.24, 2.45) is 0 Å². The lowest BCUT2D eigenvalue weighted by molar-refractivity contribution is 0.0572. The first-order valence-corrected chi connectivity index (χ1v) is 12.4. The number of aliphatic hydroxyl groups excluding tert-OH is 2. The molecule has 184 valence electrons. The van der Waals surface area contributed by atoms with Gasteiger partial charge in [0.1, 0.15) is 18.2 Å². The van der Waals surface area contributed by atoms with Crippen molar-refractivity contribution in [1.82, 2.24) is 9.97 Å². The number of aliphatic hydroxyl groups is 2. The van der Waals surface area contributed by atoms with E-state index in [1.54, 1.807) is 0 Å². The molecule has 0 radical (unpaired) electrons. The molecule has 2 aromatic carbocycles. The van der Waals surface area contributed by atoms with Crippen LogP contribution in [0.3, 0.4) is 0 Å². The molecule has 1 aliphatic carbocycles. The molecule has 0 unspecified atom stereocenters. The maximum atomic E-state index is 10.0. The molecular formula is C27H33N5O3. The molecule has 2 aliphatic rings. The van der Waals surface area contributed by atoms with Gasteiger partial charge < -0.3 is 30.9 Å². The minimum Gasteiger partial charge on any atom is -0.488 e. The second-order valence-electron chi connectivity index (χ2n) is 9.47. The van der Waals surface area contributed by atoms with E-state index in [4.69, 9.17) is 10.5 Å². The fourth-order valence-electron chi connectivity index (χ4n) is 4.89. The molecule has 1 saturated heterocycles. The standard InChI is InChI=1S/C27H33N5O3/c28-27-30-22(14-26(31-27)29-19-9-5-2-6-10-19)21-13-20(32-15-23(33)24(34)16-32)11-12-25(21)35-17-18-7-3-1-4-8-18/h1,3-4,7-8,11-14,19,23-24,33-34H,2,5-6,9-10,15-17H2,(H3,28,29,30,31)/t23-,24-/m0/s1. The molecule has 2 atom stereocenters. The number of nitrogens with two attached hydrogens (primary N) is 1. The molecule has 5 rings (SSSR count). The lowest BCUT2D eigenvalue weighted by atomic mass is 9.95. The maximum absolute atomic E-state index is 10.0. The monoisotopic (exact) mass is 475 g/mol. The third-order valence-corrected chi connectivity index (χ3v) is 6.80. The van der Waals surface area contributed by atoms with Gasteiger partial charge in [-0.15, -0.1) is 0 Å². The Hall–Kier alpha value is -3.36. The topological polar surface area (TPSA) is 117 Å². The average Bonchev–Trinajstić information content (AvgIpc) is 3.21. The van der Waals surface area contributed by atoms with E-state index in [2.05, 4.69) is 15.3 Å². The Morgan fingerprint density at radius 3 is 2.43 bits per heavy atom. The Bertz CT molecular complexity index is 1130. The van der Waals surface area contributed by atoms with Crippen LogP contribution >= 0.6 is 0 Å². The van der Waals surface area contributed by atoms with E-state index in [-0.39, 0.29) is 5.95 Å². The molecule has 5 N–H and O–H groups in total. The minimum absolute atomic E-state index is 0.201. The van der Waals surface area contributed by atoms with Crippen LogP contribution in [0.4, 0.5) is 17.5 Å². The summed E-state index contributed by atoms with van der Waals surface area (Å²) in [7, 11) is 0. The number of ether oxygens (including phenoxy) is 1. The third-order valence-electron chi connectivity index (χ3n) is 6.80. The molecule has 1 aromatic heterocycles. The highest BCUT2D eigenvalue weighted by molar-refractivity contribution is 5.75. The summed E-state index contributed by atoms with van der Waals surface area (Å²) in [5.74, 6) is 1.60. The summed E-state index contributed by atoms with van der Waals surface area (Å²) < 4.78 is 6.23. The van der Waals surface area contributed by atoms with Crippen LogP contribution in [0.5, 0.6) is 5.75 Å². The number of aromatic nitrogens is 2. The number of hydrogen-bond donors (Lipinski definition) is 4. The van der Waals surface area contributed by atoms with Gasteiger partial charge in [0, 0.05) is 36.4 Å². The molecule has 8 nitrogen and oxygen atoms in total. The summed E-state index contributed by atoms with van der Waals surface area (Å²) in [6, 6.07) is 18.2. The van der Waals surface area contributed by atoms with Crippen LogP contribution in [-0.2, 0) is 6.61 Å². The SMILES string of the molecule is Nc1nc(NC2CCCCC2)cc(-c2cc(N3C[C@H](O)[C@@H](O)C3)ccc2OCc2ccccc2)n1. The Balaban J connectivity index is 1.47. The van der Waals surface area contributed by atoms with E-state index >= 15 is 0 Å². The molecule has 1 saturated carbocycles. The quantitative estimate of drug-likeness (QED) is 0.410. The second-order valence-corrected chi connectivity index (χ2v) is 9.47. The van der Waals surface area contributed by atoms with Crippen LogP contribution in [0.2, 0.25) is 0 Å². The molecule has 0 spiro atoms. The van der Waals surface area contributed by atoms with E-state index in [1.807, 2.05) is 59.5 Å². The van der Waals surface area contributed by atoms with Gasteiger partial charge in [-0.2, -0.15) is 4.98 Å². The van der Waals surface area contributed by atoms with Crippen molar-refractivity contribution >= 4 is 17.5 Å². The van der Waals surface area contributed by atoms with Crippen LogP contribution in [-0.4, -0.2) is 51.5 Å². The van der Waals surface area contributed by atoms with Crippen molar-refractivity contribution in [1.29, 1.82) is 0 Å². The second kappa shape index (κ2) is 10.5. The zero-order valence-electron chi connectivity index (χ0n) is 19.8. The van der Waals surface area contributed by atoms with Gasteiger partial charge in [0.05, 0.1) is 17.9 Å². The predicted molar refractivity (Wildman–Crippen MR) is 137 cm³/mol. The largest absolute Gasteiger partial charge is 0.488 e. The summed E-state index contributed by atoms with van der Waals surface area (Å²) in [4.78, 5) is 10.9. The number of nitrogens with zero attached hydrogens (tertiary/aromatic N) is 3. The smallest absolute Gasteiger partial charge is 0.222 e. The van der Waals surface area contributed by atoms with Crippen molar-refractivity contribution in [2.45, 2.75) is 57.0 Å². The highest BCUT2D eigenvalue weighted by Crippen LogP contribution is 2.36. The van der Waals surface area contributed by atoms with Gasteiger partial charge in [0.15, 0.2) is 0 Å². The Morgan fingerprint density at radius 2 is 1.69 bits per heavy atom. The van der Waals surface area contributed by atoms with Crippen molar-refractivity contribution < 1.29 is 14.9 Å². The van der Waals surface area contributed by atoms with Crippen molar-refractivity contribution in [3.05, 3.63) is 60.2 Å². The van der Waals surface area contributed by atoms with Gasteiger partial charge in [-0.05, 0) is 36.6 Å². The number of nitrogen functional groups attached to an aromatic ring is 1. The fraction of sp³-hybridized carbons (Fsp3) is 0.407. The van der Waals surface area contributed by atoms with Crippen molar-refractivity contribution in [2.75, 3.05) is 29.0 Å².